The van der Waals surface area contributed by atoms with Crippen molar-refractivity contribution in [3.63, 3.8) is 0 Å². The first-order chi connectivity index (χ1) is 24.2. The molecule has 6 nitrogen and oxygen atoms in total. The van der Waals surface area contributed by atoms with Gasteiger partial charge in [-0.05, 0) is 19.3 Å². The minimum atomic E-state index is -0.0871. The monoisotopic (exact) mass is 698 g/mol. The predicted octanol–water partition coefficient (Wildman–Crippen LogP) is 12.3. The Labute approximate surface area is 306 Å². The molecule has 0 heterocycles. The second kappa shape index (κ2) is 43.5. The molecule has 0 aliphatic carbocycles. The van der Waals surface area contributed by atoms with E-state index in [1.165, 1.54) is 180 Å². The molecule has 1 atom stereocenters. The Kier molecular flexibility index (Phi) is 42.9. The summed E-state index contributed by atoms with van der Waals surface area (Å²) in [6.07, 6.45) is 41.9. The number of methoxy groups -OCH3 is 1. The normalized spacial score (nSPS) is 12.1. The second-order valence-electron chi connectivity index (χ2n) is 14.7. The average molecular weight is 698 g/mol. The quantitative estimate of drug-likeness (QED) is 0.0643. The highest BCUT2D eigenvalue weighted by molar-refractivity contribution is 5.77. The molecule has 0 aromatic carbocycles. The highest BCUT2D eigenvalue weighted by Gasteiger charge is 2.11. The fourth-order valence-corrected chi connectivity index (χ4v) is 6.46. The molecule has 0 rings (SSSR count). The molecule has 0 radical (unpaired) electrons. The van der Waals surface area contributed by atoms with Crippen molar-refractivity contribution in [2.24, 2.45) is 0 Å². The molecule has 0 saturated carbocycles. The number of carbonyl (C=O) groups excluding carboxylic acids is 1. The van der Waals surface area contributed by atoms with Crippen LogP contribution in [0.4, 0.5) is 0 Å². The molecule has 0 spiro atoms. The van der Waals surface area contributed by atoms with Crippen LogP contribution in [0.25, 0.3) is 0 Å². The first kappa shape index (κ1) is 48.3. The van der Waals surface area contributed by atoms with Gasteiger partial charge in [-0.25, -0.2) is 0 Å². The van der Waals surface area contributed by atoms with Crippen LogP contribution in [0.5, 0.6) is 0 Å². The standard InChI is InChI=1S/C43H87NO5/c1-4-6-8-10-12-14-16-18-20-21-23-25-27-29-31-33-37-49-42(34-35-44-43(45)41-48-39-38-46-3)40-47-36-32-30-28-26-24-22-19-17-15-13-11-9-7-5-2/h42H,4-41H2,1-3H3,(H,44,45). The number of unbranched alkanes of at least 4 members (excludes halogenated alkanes) is 28. The Balaban J connectivity index is 3.90. The fourth-order valence-electron chi connectivity index (χ4n) is 6.46. The highest BCUT2D eigenvalue weighted by atomic mass is 16.5. The summed E-state index contributed by atoms with van der Waals surface area (Å²) in [6, 6.07) is 0. The zero-order valence-electron chi connectivity index (χ0n) is 33.5. The molecule has 0 aliphatic rings. The van der Waals surface area contributed by atoms with E-state index < -0.39 is 0 Å². The van der Waals surface area contributed by atoms with Crippen LogP contribution in [0.15, 0.2) is 0 Å². The molecule has 0 aromatic rings. The van der Waals surface area contributed by atoms with Gasteiger partial charge in [0.15, 0.2) is 0 Å². The van der Waals surface area contributed by atoms with Crippen LogP contribution >= 0.6 is 0 Å². The molecule has 0 fully saturated rings. The van der Waals surface area contributed by atoms with Crippen LogP contribution in [0.1, 0.15) is 213 Å². The number of hydrogen-bond acceptors (Lipinski definition) is 5. The zero-order valence-corrected chi connectivity index (χ0v) is 33.5. The third-order valence-electron chi connectivity index (χ3n) is 9.75. The maximum Gasteiger partial charge on any atom is 0.246 e. The van der Waals surface area contributed by atoms with E-state index in [2.05, 4.69) is 19.2 Å². The van der Waals surface area contributed by atoms with Crippen LogP contribution in [0.3, 0.4) is 0 Å². The molecule has 1 N–H and O–H groups in total. The first-order valence-electron chi connectivity index (χ1n) is 21.8. The molecule has 6 heteroatoms. The maximum absolute atomic E-state index is 12.1. The van der Waals surface area contributed by atoms with Gasteiger partial charge in [0.25, 0.3) is 0 Å². The summed E-state index contributed by atoms with van der Waals surface area (Å²) < 4.78 is 22.6. The van der Waals surface area contributed by atoms with Crippen molar-refractivity contribution in [1.82, 2.24) is 5.32 Å². The van der Waals surface area contributed by atoms with Crippen molar-refractivity contribution >= 4 is 5.91 Å². The Morgan fingerprint density at radius 1 is 0.469 bits per heavy atom. The van der Waals surface area contributed by atoms with Gasteiger partial charge in [0.1, 0.15) is 6.61 Å². The Morgan fingerprint density at radius 2 is 0.857 bits per heavy atom. The van der Waals surface area contributed by atoms with Crippen molar-refractivity contribution in [2.75, 3.05) is 53.3 Å². The number of nitrogens with one attached hydrogen (secondary N) is 1. The molecule has 0 bridgehead atoms. The Hall–Kier alpha value is -0.690. The molecule has 294 valence electrons. The van der Waals surface area contributed by atoms with Crippen molar-refractivity contribution in [3.8, 4) is 0 Å². The summed E-state index contributed by atoms with van der Waals surface area (Å²) in [5, 5.41) is 2.96. The van der Waals surface area contributed by atoms with E-state index in [9.17, 15) is 4.79 Å². The fraction of sp³-hybridized carbons (Fsp3) is 0.977. The maximum atomic E-state index is 12.1. The molecule has 1 amide bonds. The number of amides is 1. The van der Waals surface area contributed by atoms with Gasteiger partial charge < -0.3 is 24.3 Å². The van der Waals surface area contributed by atoms with Gasteiger partial charge in [0.2, 0.25) is 5.91 Å². The van der Waals surface area contributed by atoms with Gasteiger partial charge in [-0.2, -0.15) is 0 Å². The van der Waals surface area contributed by atoms with E-state index in [1.54, 1.807) is 7.11 Å². The topological polar surface area (TPSA) is 66.0 Å². The molecule has 0 aromatic heterocycles. The van der Waals surface area contributed by atoms with Crippen molar-refractivity contribution in [2.45, 2.75) is 219 Å². The number of carbonyl (C=O) groups is 1. The van der Waals surface area contributed by atoms with E-state index in [-0.39, 0.29) is 18.6 Å². The third kappa shape index (κ3) is 41.6. The van der Waals surface area contributed by atoms with Gasteiger partial charge in [0.05, 0.1) is 25.9 Å². The summed E-state index contributed by atoms with van der Waals surface area (Å²) >= 11 is 0. The predicted molar refractivity (Wildman–Crippen MR) is 211 cm³/mol. The lowest BCUT2D eigenvalue weighted by Crippen LogP contribution is -2.32. The summed E-state index contributed by atoms with van der Waals surface area (Å²) in [5.41, 5.74) is 0. The molecular weight excluding hydrogens is 610 g/mol. The van der Waals surface area contributed by atoms with Gasteiger partial charge in [-0.15, -0.1) is 0 Å². The molecule has 1 unspecified atom stereocenters. The number of hydrogen-bond donors (Lipinski definition) is 1. The Morgan fingerprint density at radius 3 is 1.27 bits per heavy atom. The van der Waals surface area contributed by atoms with E-state index >= 15 is 0 Å². The minimum absolute atomic E-state index is 0.0256. The van der Waals surface area contributed by atoms with E-state index in [0.29, 0.717) is 26.4 Å². The Bertz CT molecular complexity index is 619. The molecule has 0 aliphatic heterocycles. The van der Waals surface area contributed by atoms with Gasteiger partial charge in [-0.1, -0.05) is 194 Å². The van der Waals surface area contributed by atoms with Crippen LogP contribution < -0.4 is 5.32 Å². The van der Waals surface area contributed by atoms with E-state index in [4.69, 9.17) is 18.9 Å². The average Bonchev–Trinajstić information content (AvgIpc) is 3.11. The number of rotatable bonds is 43. The van der Waals surface area contributed by atoms with Crippen molar-refractivity contribution < 1.29 is 23.7 Å². The number of ether oxygens (including phenoxy) is 4. The largest absolute Gasteiger partial charge is 0.382 e. The molecular formula is C43H87NO5. The summed E-state index contributed by atoms with van der Waals surface area (Å²) in [7, 11) is 1.63. The lowest BCUT2D eigenvalue weighted by atomic mass is 10.0. The lowest BCUT2D eigenvalue weighted by molar-refractivity contribution is -0.126. The smallest absolute Gasteiger partial charge is 0.246 e. The lowest BCUT2D eigenvalue weighted by Gasteiger charge is -2.19. The summed E-state index contributed by atoms with van der Waals surface area (Å²) in [5.74, 6) is -0.0871. The van der Waals surface area contributed by atoms with Crippen LogP contribution in [-0.4, -0.2) is 65.3 Å². The van der Waals surface area contributed by atoms with E-state index in [1.807, 2.05) is 0 Å². The second-order valence-corrected chi connectivity index (χ2v) is 14.7. The zero-order chi connectivity index (χ0) is 35.6. The SMILES string of the molecule is CCCCCCCCCCCCCCCCCCOC(CCNC(=O)COCCOC)COCCCCCCCCCCCCCCCC. The minimum Gasteiger partial charge on any atom is -0.382 e. The third-order valence-corrected chi connectivity index (χ3v) is 9.75. The summed E-state index contributed by atoms with van der Waals surface area (Å²) in [4.78, 5) is 12.1. The highest BCUT2D eigenvalue weighted by Crippen LogP contribution is 2.15. The van der Waals surface area contributed by atoms with Crippen LogP contribution in [0, 0.1) is 0 Å². The first-order valence-corrected chi connectivity index (χ1v) is 21.8. The van der Waals surface area contributed by atoms with Gasteiger partial charge >= 0.3 is 0 Å². The van der Waals surface area contributed by atoms with Crippen LogP contribution in [-0.2, 0) is 23.7 Å². The van der Waals surface area contributed by atoms with Crippen molar-refractivity contribution in [1.29, 1.82) is 0 Å². The van der Waals surface area contributed by atoms with Crippen LogP contribution in [0.2, 0.25) is 0 Å². The van der Waals surface area contributed by atoms with Crippen molar-refractivity contribution in [3.05, 3.63) is 0 Å². The van der Waals surface area contributed by atoms with Gasteiger partial charge in [-0.3, -0.25) is 4.79 Å². The van der Waals surface area contributed by atoms with E-state index in [0.717, 1.165) is 32.5 Å². The molecule has 49 heavy (non-hydrogen) atoms. The van der Waals surface area contributed by atoms with Gasteiger partial charge in [0, 0.05) is 26.9 Å². The molecule has 0 saturated heterocycles. The summed E-state index contributed by atoms with van der Waals surface area (Å²) in [6.45, 7) is 8.36.